The number of carbonyl (C=O) groups excluding carboxylic acids is 1. The summed E-state index contributed by atoms with van der Waals surface area (Å²) < 4.78 is 14.1. The summed E-state index contributed by atoms with van der Waals surface area (Å²) in [4.78, 5) is 20.3. The summed E-state index contributed by atoms with van der Waals surface area (Å²) in [5.74, 6) is -0.325. The second-order valence-electron chi connectivity index (χ2n) is 4.89. The minimum Gasteiger partial charge on any atom is -0.340 e. The van der Waals surface area contributed by atoms with Crippen molar-refractivity contribution in [2.24, 2.45) is 0 Å². The van der Waals surface area contributed by atoms with Crippen molar-refractivity contribution in [2.75, 3.05) is 10.6 Å². The first-order valence-electron chi connectivity index (χ1n) is 7.02. The summed E-state index contributed by atoms with van der Waals surface area (Å²) in [6.07, 6.45) is 1.28. The molecule has 5 nitrogen and oxygen atoms in total. The average molecular weight is 387 g/mol. The van der Waals surface area contributed by atoms with Crippen LogP contribution in [-0.4, -0.2) is 15.9 Å². The molecule has 2 aromatic carbocycles. The predicted octanol–water partition coefficient (Wildman–Crippen LogP) is 4.37. The molecular weight excluding hydrogens is 375 g/mol. The van der Waals surface area contributed by atoms with Crippen LogP contribution >= 0.6 is 15.9 Å². The van der Waals surface area contributed by atoms with E-state index in [1.165, 1.54) is 24.5 Å². The maximum absolute atomic E-state index is 13.2. The summed E-state index contributed by atoms with van der Waals surface area (Å²) >= 11 is 3.35. The maximum atomic E-state index is 13.2. The highest BCUT2D eigenvalue weighted by atomic mass is 79.9. The minimum absolute atomic E-state index is 0.198. The number of nitrogens with one attached hydrogen (secondary N) is 2. The van der Waals surface area contributed by atoms with E-state index in [1.807, 2.05) is 12.1 Å². The van der Waals surface area contributed by atoms with Gasteiger partial charge < -0.3 is 10.6 Å². The lowest BCUT2D eigenvalue weighted by molar-refractivity contribution is 0.102. The molecule has 7 heteroatoms. The maximum Gasteiger partial charge on any atom is 0.274 e. The zero-order valence-electron chi connectivity index (χ0n) is 12.3. The van der Waals surface area contributed by atoms with Crippen LogP contribution in [0.1, 0.15) is 10.5 Å². The molecule has 0 bridgehead atoms. The van der Waals surface area contributed by atoms with E-state index in [1.54, 1.807) is 24.3 Å². The molecule has 3 aromatic rings. The summed E-state index contributed by atoms with van der Waals surface area (Å²) in [6, 6.07) is 14.7. The highest BCUT2D eigenvalue weighted by Crippen LogP contribution is 2.18. The predicted molar refractivity (Wildman–Crippen MR) is 93.8 cm³/mol. The third-order valence-corrected chi connectivity index (χ3v) is 3.57. The lowest BCUT2D eigenvalue weighted by Gasteiger charge is -2.08. The molecule has 120 valence electrons. The van der Waals surface area contributed by atoms with Gasteiger partial charge in [-0.25, -0.2) is 14.4 Å². The normalized spacial score (nSPS) is 10.2. The van der Waals surface area contributed by atoms with Crippen molar-refractivity contribution in [1.29, 1.82) is 0 Å². The van der Waals surface area contributed by atoms with E-state index >= 15 is 0 Å². The van der Waals surface area contributed by atoms with Crippen LogP contribution in [0.25, 0.3) is 0 Å². The van der Waals surface area contributed by atoms with Crippen LogP contribution in [0.5, 0.6) is 0 Å². The molecule has 0 saturated carbocycles. The zero-order valence-corrected chi connectivity index (χ0v) is 13.9. The van der Waals surface area contributed by atoms with Gasteiger partial charge in [-0.15, -0.1) is 0 Å². The first-order valence-corrected chi connectivity index (χ1v) is 7.81. The van der Waals surface area contributed by atoms with Crippen LogP contribution in [0.2, 0.25) is 0 Å². The van der Waals surface area contributed by atoms with Crippen LogP contribution in [0.3, 0.4) is 0 Å². The van der Waals surface area contributed by atoms with Crippen molar-refractivity contribution in [1.82, 2.24) is 9.97 Å². The van der Waals surface area contributed by atoms with Crippen LogP contribution in [-0.2, 0) is 0 Å². The van der Waals surface area contributed by atoms with Gasteiger partial charge in [0.15, 0.2) is 0 Å². The van der Waals surface area contributed by atoms with E-state index in [4.69, 9.17) is 0 Å². The summed E-state index contributed by atoms with van der Waals surface area (Å²) in [5, 5.41) is 5.69. The number of benzene rings is 2. The molecule has 0 fully saturated rings. The molecule has 0 spiro atoms. The molecule has 0 aliphatic heterocycles. The Morgan fingerprint density at radius 1 is 1.00 bits per heavy atom. The largest absolute Gasteiger partial charge is 0.340 e. The fourth-order valence-electron chi connectivity index (χ4n) is 2.03. The monoisotopic (exact) mass is 386 g/mol. The molecule has 2 N–H and O–H groups in total. The Labute approximate surface area is 146 Å². The van der Waals surface area contributed by atoms with Gasteiger partial charge in [0.1, 0.15) is 23.7 Å². The fraction of sp³-hybridized carbons (Fsp3) is 0. The molecular formula is C17H12BrFN4O. The fourth-order valence-corrected chi connectivity index (χ4v) is 2.42. The van der Waals surface area contributed by atoms with Gasteiger partial charge in [0.25, 0.3) is 5.91 Å². The minimum atomic E-state index is -0.363. The molecule has 0 aliphatic rings. The second kappa shape index (κ2) is 7.18. The van der Waals surface area contributed by atoms with Crippen molar-refractivity contribution >= 4 is 39.0 Å². The third kappa shape index (κ3) is 4.14. The molecule has 0 saturated heterocycles. The number of hydrogen-bond donors (Lipinski definition) is 2. The molecule has 0 atom stereocenters. The quantitative estimate of drug-likeness (QED) is 0.698. The van der Waals surface area contributed by atoms with Crippen molar-refractivity contribution in [3.05, 3.63) is 76.9 Å². The molecule has 3 rings (SSSR count). The summed E-state index contributed by atoms with van der Waals surface area (Å²) in [5.41, 5.74) is 1.38. The Bertz CT molecular complexity index is 888. The highest BCUT2D eigenvalue weighted by Gasteiger charge is 2.10. The van der Waals surface area contributed by atoms with E-state index in [0.717, 1.165) is 4.47 Å². The average Bonchev–Trinajstić information content (AvgIpc) is 2.55. The van der Waals surface area contributed by atoms with Gasteiger partial charge in [-0.1, -0.05) is 28.1 Å². The van der Waals surface area contributed by atoms with Crippen molar-refractivity contribution in [3.63, 3.8) is 0 Å². The molecule has 0 aliphatic carbocycles. The van der Waals surface area contributed by atoms with Gasteiger partial charge >= 0.3 is 0 Å². The van der Waals surface area contributed by atoms with Gasteiger partial charge in [-0.2, -0.15) is 0 Å². The van der Waals surface area contributed by atoms with E-state index in [9.17, 15) is 9.18 Å². The van der Waals surface area contributed by atoms with Gasteiger partial charge in [-0.05, 0) is 36.4 Å². The molecule has 0 unspecified atom stereocenters. The number of aromatic nitrogens is 2. The van der Waals surface area contributed by atoms with E-state index in [-0.39, 0.29) is 17.4 Å². The third-order valence-electron chi connectivity index (χ3n) is 3.08. The smallest absolute Gasteiger partial charge is 0.274 e. The van der Waals surface area contributed by atoms with Crippen molar-refractivity contribution in [2.45, 2.75) is 0 Å². The van der Waals surface area contributed by atoms with Crippen LogP contribution < -0.4 is 10.6 Å². The number of hydrogen-bond acceptors (Lipinski definition) is 4. The Morgan fingerprint density at radius 2 is 1.79 bits per heavy atom. The molecule has 0 radical (unpaired) electrons. The summed E-state index contributed by atoms with van der Waals surface area (Å²) in [6.45, 7) is 0. The Balaban J connectivity index is 1.76. The topological polar surface area (TPSA) is 66.9 Å². The molecule has 1 amide bonds. The summed E-state index contributed by atoms with van der Waals surface area (Å²) in [7, 11) is 0. The van der Waals surface area contributed by atoms with E-state index < -0.39 is 0 Å². The van der Waals surface area contributed by atoms with Crippen molar-refractivity contribution in [3.8, 4) is 0 Å². The van der Waals surface area contributed by atoms with Gasteiger partial charge in [-0.3, -0.25) is 4.79 Å². The number of nitrogens with zero attached hydrogens (tertiary/aromatic N) is 2. The highest BCUT2D eigenvalue weighted by molar-refractivity contribution is 9.10. The lowest BCUT2D eigenvalue weighted by Crippen LogP contribution is -2.14. The van der Waals surface area contributed by atoms with Crippen molar-refractivity contribution < 1.29 is 9.18 Å². The number of halogens is 2. The Morgan fingerprint density at radius 3 is 2.58 bits per heavy atom. The number of carbonyl (C=O) groups is 1. The molecule has 1 aromatic heterocycles. The van der Waals surface area contributed by atoms with Crippen LogP contribution in [0.4, 0.5) is 21.6 Å². The number of rotatable bonds is 4. The standard InChI is InChI=1S/C17H12BrFN4O/c18-11-3-1-5-13(7-11)23-17(24)15-9-16(21-10-20-15)22-14-6-2-4-12(19)8-14/h1-10H,(H,23,24)(H,20,21,22). The second-order valence-corrected chi connectivity index (χ2v) is 5.80. The first-order chi connectivity index (χ1) is 11.6. The van der Waals surface area contributed by atoms with E-state index in [0.29, 0.717) is 17.2 Å². The van der Waals surface area contributed by atoms with Crippen LogP contribution in [0.15, 0.2) is 65.4 Å². The lowest BCUT2D eigenvalue weighted by atomic mass is 10.3. The van der Waals surface area contributed by atoms with E-state index in [2.05, 4.69) is 36.5 Å². The Hall–Kier alpha value is -2.80. The number of amides is 1. The molecule has 1 heterocycles. The van der Waals surface area contributed by atoms with Gasteiger partial charge in [0, 0.05) is 21.9 Å². The number of anilines is 3. The zero-order chi connectivity index (χ0) is 16.9. The van der Waals surface area contributed by atoms with Gasteiger partial charge in [0.05, 0.1) is 0 Å². The van der Waals surface area contributed by atoms with Gasteiger partial charge in [0.2, 0.25) is 0 Å². The molecule has 24 heavy (non-hydrogen) atoms. The van der Waals surface area contributed by atoms with Crippen LogP contribution in [0, 0.1) is 5.82 Å². The SMILES string of the molecule is O=C(Nc1cccc(Br)c1)c1cc(Nc2cccc(F)c2)ncn1. The Kier molecular flexibility index (Phi) is 4.81. The first kappa shape index (κ1) is 16.1.